The lowest BCUT2D eigenvalue weighted by molar-refractivity contribution is 0.0526. The fourth-order valence-corrected chi connectivity index (χ4v) is 4.64. The molecule has 3 rings (SSSR count). The molecule has 0 unspecified atom stereocenters. The van der Waals surface area contributed by atoms with E-state index in [-0.39, 0.29) is 12.4 Å². The van der Waals surface area contributed by atoms with E-state index in [4.69, 9.17) is 4.74 Å². The van der Waals surface area contributed by atoms with Gasteiger partial charge < -0.3 is 9.84 Å². The van der Waals surface area contributed by atoms with Gasteiger partial charge in [-0.05, 0) is 77.9 Å². The number of urea groups is 1. The van der Waals surface area contributed by atoms with Gasteiger partial charge in [-0.25, -0.2) is 15.0 Å². The molecule has 0 fully saturated rings. The zero-order valence-electron chi connectivity index (χ0n) is 15.3. The van der Waals surface area contributed by atoms with Crippen LogP contribution in [0, 0.1) is 0 Å². The number of hydrazone groups is 1. The highest BCUT2D eigenvalue weighted by Crippen LogP contribution is 2.38. The summed E-state index contributed by atoms with van der Waals surface area (Å²) in [6, 6.07) is 4.31. The van der Waals surface area contributed by atoms with Crippen molar-refractivity contribution in [2.45, 2.75) is 32.6 Å². The van der Waals surface area contributed by atoms with Crippen molar-refractivity contribution in [2.75, 3.05) is 11.9 Å². The van der Waals surface area contributed by atoms with E-state index in [0.717, 1.165) is 36.1 Å². The second-order valence-corrected chi connectivity index (χ2v) is 8.13. The van der Waals surface area contributed by atoms with Crippen molar-refractivity contribution in [1.29, 1.82) is 0 Å². The number of nitrogens with one attached hydrogen (secondary N) is 2. The molecule has 2 aromatic rings. The van der Waals surface area contributed by atoms with Gasteiger partial charge >= 0.3 is 12.0 Å². The first-order valence-corrected chi connectivity index (χ1v) is 10.5. The lowest BCUT2D eigenvalue weighted by Crippen LogP contribution is -2.25. The number of aryl methyl sites for hydroxylation is 1. The molecule has 0 saturated heterocycles. The Labute approximate surface area is 174 Å². The zero-order valence-corrected chi connectivity index (χ0v) is 17.7. The molecule has 1 aliphatic carbocycles. The molecule has 9 heteroatoms. The summed E-state index contributed by atoms with van der Waals surface area (Å²) in [5, 5.41) is 16.6. The maximum Gasteiger partial charge on any atom is 0.341 e. The molecule has 0 radical (unpaired) electrons. The molecule has 7 nitrogen and oxygen atoms in total. The predicted octanol–water partition coefficient (Wildman–Crippen LogP) is 4.43. The molecule has 0 spiro atoms. The van der Waals surface area contributed by atoms with Crippen molar-refractivity contribution in [2.24, 2.45) is 5.10 Å². The maximum atomic E-state index is 12.4. The van der Waals surface area contributed by atoms with E-state index in [0.29, 0.717) is 20.6 Å². The van der Waals surface area contributed by atoms with Gasteiger partial charge in [0, 0.05) is 4.88 Å². The Kier molecular flexibility index (Phi) is 6.69. The zero-order chi connectivity index (χ0) is 20.1. The van der Waals surface area contributed by atoms with Crippen LogP contribution in [0.4, 0.5) is 9.80 Å². The number of hydrogen-bond acceptors (Lipinski definition) is 6. The second-order valence-electron chi connectivity index (χ2n) is 6.17. The van der Waals surface area contributed by atoms with Crippen LogP contribution in [0.1, 0.15) is 46.1 Å². The van der Waals surface area contributed by atoms with Crippen molar-refractivity contribution in [3.05, 3.63) is 44.2 Å². The number of anilines is 1. The number of phenolic OH excluding ortho intramolecular Hbond substituents is 1. The molecule has 0 saturated carbocycles. The molecule has 0 atom stereocenters. The maximum absolute atomic E-state index is 12.4. The summed E-state index contributed by atoms with van der Waals surface area (Å²) < 4.78 is 5.71. The number of nitrogens with zero attached hydrogens (tertiary/aromatic N) is 1. The molecular formula is C19H20BrN3O4S. The second kappa shape index (κ2) is 9.20. The minimum absolute atomic E-state index is 0.121. The average molecular weight is 466 g/mol. The van der Waals surface area contributed by atoms with Crippen LogP contribution in [0.25, 0.3) is 0 Å². The molecule has 28 heavy (non-hydrogen) atoms. The van der Waals surface area contributed by atoms with Crippen molar-refractivity contribution in [3.8, 4) is 5.75 Å². The number of esters is 1. The summed E-state index contributed by atoms with van der Waals surface area (Å²) >= 11 is 4.64. The fourth-order valence-electron chi connectivity index (χ4n) is 2.97. The Balaban J connectivity index is 1.71. The van der Waals surface area contributed by atoms with E-state index in [1.165, 1.54) is 23.6 Å². The van der Waals surface area contributed by atoms with Crippen molar-refractivity contribution >= 4 is 50.5 Å². The van der Waals surface area contributed by atoms with Crippen LogP contribution in [0.15, 0.2) is 27.8 Å². The summed E-state index contributed by atoms with van der Waals surface area (Å²) in [4.78, 5) is 25.8. The first-order valence-electron chi connectivity index (χ1n) is 8.89. The van der Waals surface area contributed by atoms with Gasteiger partial charge in [-0.15, -0.1) is 11.3 Å². The van der Waals surface area contributed by atoms with Crippen LogP contribution in [0.5, 0.6) is 5.75 Å². The number of ether oxygens (including phenoxy) is 1. The van der Waals surface area contributed by atoms with E-state index in [9.17, 15) is 14.7 Å². The molecular weight excluding hydrogens is 446 g/mol. The van der Waals surface area contributed by atoms with Crippen LogP contribution in [-0.4, -0.2) is 29.9 Å². The van der Waals surface area contributed by atoms with E-state index in [1.807, 2.05) is 0 Å². The van der Waals surface area contributed by atoms with E-state index in [2.05, 4.69) is 31.8 Å². The SMILES string of the molecule is CCOC(=O)c1c(NC(=O)NN=Cc2ccc(O)c(Br)c2)sc2c1CCCC2. The molecule has 1 heterocycles. The van der Waals surface area contributed by atoms with Gasteiger partial charge in [0.05, 0.1) is 22.9 Å². The lowest BCUT2D eigenvalue weighted by atomic mass is 9.95. The molecule has 1 aromatic carbocycles. The number of rotatable bonds is 5. The summed E-state index contributed by atoms with van der Waals surface area (Å²) in [6.07, 6.45) is 5.28. The number of phenols is 1. The number of thiophene rings is 1. The van der Waals surface area contributed by atoms with Crippen molar-refractivity contribution < 1.29 is 19.4 Å². The third kappa shape index (κ3) is 4.71. The highest BCUT2D eigenvalue weighted by Gasteiger charge is 2.27. The third-order valence-electron chi connectivity index (χ3n) is 4.23. The van der Waals surface area contributed by atoms with E-state index >= 15 is 0 Å². The Bertz CT molecular complexity index is 926. The van der Waals surface area contributed by atoms with Crippen LogP contribution in [-0.2, 0) is 17.6 Å². The Morgan fingerprint density at radius 1 is 1.36 bits per heavy atom. The van der Waals surface area contributed by atoms with Gasteiger partial charge in [-0.1, -0.05) is 0 Å². The normalized spacial score (nSPS) is 13.2. The van der Waals surface area contributed by atoms with Gasteiger partial charge in [-0.2, -0.15) is 5.10 Å². The number of benzene rings is 1. The minimum atomic E-state index is -0.543. The number of fused-ring (bicyclic) bond motifs is 1. The number of aromatic hydroxyl groups is 1. The number of halogens is 1. The number of hydrogen-bond donors (Lipinski definition) is 3. The lowest BCUT2D eigenvalue weighted by Gasteiger charge is -2.12. The van der Waals surface area contributed by atoms with Gasteiger partial charge in [0.2, 0.25) is 0 Å². The number of amides is 2. The molecule has 1 aliphatic rings. The Hall–Kier alpha value is -2.39. The average Bonchev–Trinajstić information content (AvgIpc) is 3.02. The molecule has 148 valence electrons. The van der Waals surface area contributed by atoms with Crippen LogP contribution < -0.4 is 10.7 Å². The third-order valence-corrected chi connectivity index (χ3v) is 6.07. The highest BCUT2D eigenvalue weighted by atomic mass is 79.9. The Morgan fingerprint density at radius 2 is 2.14 bits per heavy atom. The summed E-state index contributed by atoms with van der Waals surface area (Å²) in [5.41, 5.74) is 4.54. The van der Waals surface area contributed by atoms with E-state index in [1.54, 1.807) is 19.1 Å². The summed E-state index contributed by atoms with van der Waals surface area (Å²) in [6.45, 7) is 2.04. The molecule has 0 bridgehead atoms. The monoisotopic (exact) mass is 465 g/mol. The van der Waals surface area contributed by atoms with Gasteiger partial charge in [0.1, 0.15) is 10.8 Å². The van der Waals surface area contributed by atoms with Gasteiger partial charge in [-0.3, -0.25) is 5.32 Å². The first-order chi connectivity index (χ1) is 13.5. The van der Waals surface area contributed by atoms with Crippen LogP contribution in [0.2, 0.25) is 0 Å². The van der Waals surface area contributed by atoms with E-state index < -0.39 is 12.0 Å². The molecule has 1 aromatic heterocycles. The summed E-state index contributed by atoms with van der Waals surface area (Å²) in [5.74, 6) is -0.286. The largest absolute Gasteiger partial charge is 0.507 e. The quantitative estimate of drug-likeness (QED) is 0.345. The first kappa shape index (κ1) is 20.3. The van der Waals surface area contributed by atoms with Crippen molar-refractivity contribution in [3.63, 3.8) is 0 Å². The molecule has 2 amide bonds. The fraction of sp³-hybridized carbons (Fsp3) is 0.316. The van der Waals surface area contributed by atoms with Gasteiger partial charge in [0.15, 0.2) is 0 Å². The predicted molar refractivity (Wildman–Crippen MR) is 112 cm³/mol. The highest BCUT2D eigenvalue weighted by molar-refractivity contribution is 9.10. The summed E-state index contributed by atoms with van der Waals surface area (Å²) in [7, 11) is 0. The minimum Gasteiger partial charge on any atom is -0.507 e. The number of carbonyl (C=O) groups is 2. The molecule has 3 N–H and O–H groups in total. The Morgan fingerprint density at radius 3 is 2.89 bits per heavy atom. The molecule has 0 aliphatic heterocycles. The van der Waals surface area contributed by atoms with Gasteiger partial charge in [0.25, 0.3) is 0 Å². The number of carbonyl (C=O) groups excluding carboxylic acids is 2. The smallest absolute Gasteiger partial charge is 0.341 e. The van der Waals surface area contributed by atoms with Crippen LogP contribution in [0.3, 0.4) is 0 Å². The van der Waals surface area contributed by atoms with Crippen LogP contribution >= 0.6 is 27.3 Å². The topological polar surface area (TPSA) is 100 Å². The van der Waals surface area contributed by atoms with Crippen molar-refractivity contribution in [1.82, 2.24) is 5.43 Å². The standard InChI is InChI=1S/C19H20BrN3O4S/c1-2-27-18(25)16-12-5-3-4-6-15(12)28-17(16)22-19(26)23-21-10-11-7-8-14(24)13(20)9-11/h7-10,24H,2-6H2,1H3,(H2,22,23,26).